The van der Waals surface area contributed by atoms with E-state index in [2.05, 4.69) is 39.7 Å². The van der Waals surface area contributed by atoms with Crippen molar-refractivity contribution in [1.29, 1.82) is 0 Å². The molecule has 3 heterocycles. The minimum atomic E-state index is 0.340. The molecule has 25 heavy (non-hydrogen) atoms. The van der Waals surface area contributed by atoms with Gasteiger partial charge in [0.25, 0.3) is 0 Å². The van der Waals surface area contributed by atoms with Crippen molar-refractivity contribution in [1.82, 2.24) is 19.7 Å². The van der Waals surface area contributed by atoms with Crippen molar-refractivity contribution >= 4 is 5.91 Å². The van der Waals surface area contributed by atoms with Crippen LogP contribution in [-0.4, -0.2) is 71.4 Å². The quantitative estimate of drug-likeness (QED) is 0.822. The molecule has 2 aliphatic heterocycles. The van der Waals surface area contributed by atoms with Gasteiger partial charge in [-0.05, 0) is 51.4 Å². The predicted octanol–water partition coefficient (Wildman–Crippen LogP) is 2.30. The van der Waals surface area contributed by atoms with Crippen molar-refractivity contribution in [3.8, 4) is 0 Å². The molecule has 3 rings (SSSR count). The Morgan fingerprint density at radius 3 is 2.72 bits per heavy atom. The molecule has 138 valence electrons. The number of carbonyl (C=O) groups excluding carboxylic acids is 1. The molecule has 0 radical (unpaired) electrons. The Morgan fingerprint density at radius 1 is 1.20 bits per heavy atom. The third kappa shape index (κ3) is 5.02. The molecule has 0 spiro atoms. The summed E-state index contributed by atoms with van der Waals surface area (Å²) in [5.74, 6) is 0.340. The zero-order chi connectivity index (χ0) is 17.6. The number of nitrogens with zero attached hydrogens (tertiary/aromatic N) is 4. The molecule has 0 aromatic carbocycles. The summed E-state index contributed by atoms with van der Waals surface area (Å²) < 4.78 is 0. The van der Waals surface area contributed by atoms with Gasteiger partial charge in [0.1, 0.15) is 0 Å². The second-order valence-corrected chi connectivity index (χ2v) is 7.59. The van der Waals surface area contributed by atoms with Crippen LogP contribution in [0.5, 0.6) is 0 Å². The topological polar surface area (TPSA) is 39.7 Å². The van der Waals surface area contributed by atoms with E-state index in [1.807, 2.05) is 12.3 Å². The van der Waals surface area contributed by atoms with Crippen LogP contribution in [-0.2, 0) is 11.3 Å². The maximum atomic E-state index is 12.5. The Morgan fingerprint density at radius 2 is 2.00 bits per heavy atom. The fourth-order valence-electron chi connectivity index (χ4n) is 4.01. The van der Waals surface area contributed by atoms with Crippen molar-refractivity contribution in [2.75, 3.05) is 39.8 Å². The van der Waals surface area contributed by atoms with Crippen LogP contribution in [0.15, 0.2) is 18.3 Å². The van der Waals surface area contributed by atoms with Gasteiger partial charge < -0.3 is 9.80 Å². The van der Waals surface area contributed by atoms with Crippen LogP contribution in [0.2, 0.25) is 0 Å². The Balaban J connectivity index is 1.41. The standard InChI is InChI=1S/C20H32N4O/c1-17-6-5-10-21-19(17)16-23-12-14-24(15-13-23)20(25)9-8-18-7-3-4-11-22(18)2/h5-6,10,18H,3-4,7-9,11-16H2,1-2H3/t18-/m1/s1. The lowest BCUT2D eigenvalue weighted by atomic mass is 9.98. The number of hydrogen-bond donors (Lipinski definition) is 0. The molecule has 1 atom stereocenters. The summed E-state index contributed by atoms with van der Waals surface area (Å²) in [6, 6.07) is 4.70. The number of pyridine rings is 1. The van der Waals surface area contributed by atoms with Crippen molar-refractivity contribution in [2.24, 2.45) is 0 Å². The first-order valence-corrected chi connectivity index (χ1v) is 9.74. The fraction of sp³-hybridized carbons (Fsp3) is 0.700. The van der Waals surface area contributed by atoms with Crippen molar-refractivity contribution in [2.45, 2.75) is 51.6 Å². The molecule has 5 nitrogen and oxygen atoms in total. The third-order valence-electron chi connectivity index (χ3n) is 5.83. The van der Waals surface area contributed by atoms with Crippen LogP contribution in [0.1, 0.15) is 43.4 Å². The number of rotatable bonds is 5. The zero-order valence-electron chi connectivity index (χ0n) is 15.8. The zero-order valence-corrected chi connectivity index (χ0v) is 15.8. The lowest BCUT2D eigenvalue weighted by Gasteiger charge is -2.36. The Labute approximate surface area is 152 Å². The molecule has 0 bridgehead atoms. The molecule has 1 aromatic rings. The van der Waals surface area contributed by atoms with Gasteiger partial charge in [0, 0.05) is 51.4 Å². The second kappa shape index (κ2) is 8.77. The van der Waals surface area contributed by atoms with Crippen LogP contribution >= 0.6 is 0 Å². The minimum absolute atomic E-state index is 0.340. The van der Waals surface area contributed by atoms with Crippen molar-refractivity contribution in [3.63, 3.8) is 0 Å². The summed E-state index contributed by atoms with van der Waals surface area (Å²) in [4.78, 5) is 23.9. The first-order chi connectivity index (χ1) is 12.1. The monoisotopic (exact) mass is 344 g/mol. The number of amides is 1. The molecule has 2 saturated heterocycles. The normalized spacial score (nSPS) is 23.0. The van der Waals surface area contributed by atoms with Gasteiger partial charge in [0.2, 0.25) is 5.91 Å². The largest absolute Gasteiger partial charge is 0.340 e. The molecule has 5 heteroatoms. The van der Waals surface area contributed by atoms with E-state index in [0.717, 1.165) is 44.8 Å². The van der Waals surface area contributed by atoms with Gasteiger partial charge in [-0.3, -0.25) is 14.7 Å². The third-order valence-corrected chi connectivity index (χ3v) is 5.83. The summed E-state index contributed by atoms with van der Waals surface area (Å²) in [5, 5.41) is 0. The van der Waals surface area contributed by atoms with Crippen molar-refractivity contribution < 1.29 is 4.79 Å². The summed E-state index contributed by atoms with van der Waals surface area (Å²) in [6.45, 7) is 7.79. The first-order valence-electron chi connectivity index (χ1n) is 9.74. The molecule has 1 aromatic heterocycles. The minimum Gasteiger partial charge on any atom is -0.340 e. The van der Waals surface area contributed by atoms with E-state index < -0.39 is 0 Å². The highest BCUT2D eigenvalue weighted by Crippen LogP contribution is 2.20. The average molecular weight is 345 g/mol. The van der Waals surface area contributed by atoms with Gasteiger partial charge in [0.05, 0.1) is 5.69 Å². The highest BCUT2D eigenvalue weighted by atomic mass is 16.2. The number of piperidine rings is 1. The number of aryl methyl sites for hydroxylation is 1. The van der Waals surface area contributed by atoms with Gasteiger partial charge in [-0.25, -0.2) is 0 Å². The number of hydrogen-bond acceptors (Lipinski definition) is 4. The fourth-order valence-corrected chi connectivity index (χ4v) is 4.01. The van der Waals surface area contributed by atoms with Crippen LogP contribution in [0.4, 0.5) is 0 Å². The van der Waals surface area contributed by atoms with E-state index in [1.54, 1.807) is 0 Å². The SMILES string of the molecule is Cc1cccnc1CN1CCN(C(=O)CC[C@H]2CCCCN2C)CC1. The molecule has 0 unspecified atom stereocenters. The smallest absolute Gasteiger partial charge is 0.222 e. The van der Waals surface area contributed by atoms with E-state index in [1.165, 1.54) is 31.4 Å². The summed E-state index contributed by atoms with van der Waals surface area (Å²) in [7, 11) is 2.20. The summed E-state index contributed by atoms with van der Waals surface area (Å²) in [5.41, 5.74) is 2.40. The molecule has 1 amide bonds. The number of carbonyl (C=O) groups is 1. The van der Waals surface area contributed by atoms with Gasteiger partial charge in [-0.2, -0.15) is 0 Å². The molecule has 2 fully saturated rings. The van der Waals surface area contributed by atoms with Crippen molar-refractivity contribution in [3.05, 3.63) is 29.6 Å². The molecule has 0 N–H and O–H groups in total. The molecule has 2 aliphatic rings. The van der Waals surface area contributed by atoms with E-state index in [-0.39, 0.29) is 0 Å². The maximum absolute atomic E-state index is 12.5. The maximum Gasteiger partial charge on any atom is 0.222 e. The number of aromatic nitrogens is 1. The Hall–Kier alpha value is -1.46. The number of piperazine rings is 1. The van der Waals surface area contributed by atoms with E-state index >= 15 is 0 Å². The lowest BCUT2D eigenvalue weighted by molar-refractivity contribution is -0.133. The Kier molecular flexibility index (Phi) is 6.43. The van der Waals surface area contributed by atoms with E-state index in [9.17, 15) is 4.79 Å². The predicted molar refractivity (Wildman–Crippen MR) is 100 cm³/mol. The molecular formula is C20H32N4O. The van der Waals surface area contributed by atoms with E-state index in [4.69, 9.17) is 0 Å². The summed E-state index contributed by atoms with van der Waals surface area (Å²) >= 11 is 0. The second-order valence-electron chi connectivity index (χ2n) is 7.59. The van der Waals surface area contributed by atoms with Gasteiger partial charge in [0.15, 0.2) is 0 Å². The molecule has 0 aliphatic carbocycles. The number of likely N-dealkylation sites (tertiary alicyclic amines) is 1. The summed E-state index contributed by atoms with van der Waals surface area (Å²) in [6.07, 6.45) is 7.45. The van der Waals surface area contributed by atoms with Crippen LogP contribution < -0.4 is 0 Å². The van der Waals surface area contributed by atoms with Crippen LogP contribution in [0.3, 0.4) is 0 Å². The average Bonchev–Trinajstić information content (AvgIpc) is 2.63. The highest BCUT2D eigenvalue weighted by Gasteiger charge is 2.24. The lowest BCUT2D eigenvalue weighted by Crippen LogP contribution is -2.48. The van der Waals surface area contributed by atoms with Crippen LogP contribution in [0, 0.1) is 6.92 Å². The highest BCUT2D eigenvalue weighted by molar-refractivity contribution is 5.76. The Bertz CT molecular complexity index is 569. The van der Waals surface area contributed by atoms with Gasteiger partial charge >= 0.3 is 0 Å². The molecule has 0 saturated carbocycles. The van der Waals surface area contributed by atoms with Gasteiger partial charge in [-0.1, -0.05) is 12.5 Å². The first kappa shape index (κ1) is 18.3. The van der Waals surface area contributed by atoms with E-state index in [0.29, 0.717) is 18.4 Å². The van der Waals surface area contributed by atoms with Gasteiger partial charge in [-0.15, -0.1) is 0 Å². The molecular weight excluding hydrogens is 312 g/mol. The van der Waals surface area contributed by atoms with Crippen LogP contribution in [0.25, 0.3) is 0 Å².